The van der Waals surface area contributed by atoms with Crippen molar-refractivity contribution in [3.05, 3.63) is 58.1 Å². The summed E-state index contributed by atoms with van der Waals surface area (Å²) < 4.78 is 0. The van der Waals surface area contributed by atoms with Gasteiger partial charge in [-0.05, 0) is 24.0 Å². The molecule has 0 fully saturated rings. The van der Waals surface area contributed by atoms with E-state index in [1.807, 2.05) is 13.8 Å². The quantitative estimate of drug-likeness (QED) is 0.789. The largest absolute Gasteiger partial charge is 0.351 e. The average molecular weight is 373 g/mol. The van der Waals surface area contributed by atoms with Crippen molar-refractivity contribution in [2.45, 2.75) is 39.2 Å². The molecule has 1 N–H and O–H groups in total. The first-order chi connectivity index (χ1) is 12.5. The van der Waals surface area contributed by atoms with Crippen molar-refractivity contribution >= 4 is 17.5 Å². The Balaban J connectivity index is 1.47. The van der Waals surface area contributed by atoms with Crippen molar-refractivity contribution in [2.24, 2.45) is 0 Å². The van der Waals surface area contributed by atoms with Gasteiger partial charge in [-0.3, -0.25) is 9.69 Å². The van der Waals surface area contributed by atoms with Crippen molar-refractivity contribution in [2.75, 3.05) is 19.6 Å². The molecule has 0 saturated heterocycles. The van der Waals surface area contributed by atoms with Crippen LogP contribution in [0.4, 0.5) is 0 Å². The van der Waals surface area contributed by atoms with E-state index in [0.29, 0.717) is 17.4 Å². The summed E-state index contributed by atoms with van der Waals surface area (Å²) in [5.74, 6) is 0.551. The Kier molecular flexibility index (Phi) is 6.22. The lowest BCUT2D eigenvalue weighted by Crippen LogP contribution is -2.34. The van der Waals surface area contributed by atoms with Crippen LogP contribution in [0.15, 0.2) is 30.5 Å². The first kappa shape index (κ1) is 18.8. The molecule has 0 radical (unpaired) electrons. The maximum atomic E-state index is 12.4. The monoisotopic (exact) mass is 372 g/mol. The number of hydrogen-bond donors (Lipinski definition) is 1. The molecule has 0 atom stereocenters. The second kappa shape index (κ2) is 8.60. The van der Waals surface area contributed by atoms with Gasteiger partial charge in [0.05, 0.1) is 11.2 Å². The fraction of sp³-hybridized carbons (Fsp3) is 0.450. The summed E-state index contributed by atoms with van der Waals surface area (Å²) in [5, 5.41) is 3.22. The van der Waals surface area contributed by atoms with E-state index in [9.17, 15) is 4.79 Å². The van der Waals surface area contributed by atoms with E-state index in [0.717, 1.165) is 32.5 Å². The van der Waals surface area contributed by atoms with Gasteiger partial charge in [0.25, 0.3) is 5.91 Å². The minimum absolute atomic E-state index is 0.154. The third-order valence-electron chi connectivity index (χ3n) is 4.64. The highest BCUT2D eigenvalue weighted by Gasteiger charge is 2.17. The van der Waals surface area contributed by atoms with E-state index in [-0.39, 0.29) is 17.5 Å². The summed E-state index contributed by atoms with van der Waals surface area (Å²) in [6.45, 7) is 7.60. The predicted octanol–water partition coefficient (Wildman–Crippen LogP) is 3.43. The lowest BCUT2D eigenvalue weighted by Gasteiger charge is -2.28. The van der Waals surface area contributed by atoms with E-state index < -0.39 is 0 Å². The van der Waals surface area contributed by atoms with E-state index in [4.69, 9.17) is 11.6 Å². The number of carbonyl (C=O) groups excluding carboxylic acids is 1. The molecule has 1 aromatic heterocycles. The molecule has 0 spiro atoms. The molecule has 0 aliphatic carbocycles. The van der Waals surface area contributed by atoms with Crippen molar-refractivity contribution < 1.29 is 4.79 Å². The molecule has 2 heterocycles. The Labute approximate surface area is 159 Å². The van der Waals surface area contributed by atoms with E-state index >= 15 is 0 Å². The Morgan fingerprint density at radius 1 is 1.31 bits per heavy atom. The number of nitrogens with one attached hydrogen (secondary N) is 1. The molecule has 1 aromatic carbocycles. The molecule has 138 valence electrons. The topological polar surface area (TPSA) is 58.1 Å². The average Bonchev–Trinajstić information content (AvgIpc) is 2.65. The van der Waals surface area contributed by atoms with Gasteiger partial charge in [0.2, 0.25) is 0 Å². The second-order valence-corrected chi connectivity index (χ2v) is 7.39. The van der Waals surface area contributed by atoms with Gasteiger partial charge in [-0.15, -0.1) is 0 Å². The number of halogens is 1. The highest BCUT2D eigenvalue weighted by molar-refractivity contribution is 6.33. The zero-order valence-corrected chi connectivity index (χ0v) is 16.1. The van der Waals surface area contributed by atoms with Gasteiger partial charge < -0.3 is 5.32 Å². The molecule has 0 saturated carbocycles. The van der Waals surface area contributed by atoms with Crippen LogP contribution >= 0.6 is 11.6 Å². The van der Waals surface area contributed by atoms with Gasteiger partial charge in [0.15, 0.2) is 0 Å². The molecule has 26 heavy (non-hydrogen) atoms. The Morgan fingerprint density at radius 3 is 2.85 bits per heavy atom. The third kappa shape index (κ3) is 4.59. The van der Waals surface area contributed by atoms with Crippen LogP contribution in [0.2, 0.25) is 5.02 Å². The number of fused-ring (bicyclic) bond motifs is 1. The standard InChI is InChI=1S/C20H25ClN4O/c1-14(2)19-23-12-17(21)18(24-19)20(26)22-9-5-10-25-11-8-15-6-3-4-7-16(15)13-25/h3-4,6-7,12,14H,5,8-11,13H2,1-2H3,(H,22,26). The number of benzene rings is 1. The van der Waals surface area contributed by atoms with E-state index in [1.54, 1.807) is 0 Å². The summed E-state index contributed by atoms with van der Waals surface area (Å²) in [7, 11) is 0. The minimum atomic E-state index is -0.233. The van der Waals surface area contributed by atoms with E-state index in [1.165, 1.54) is 17.3 Å². The molecule has 0 bridgehead atoms. The second-order valence-electron chi connectivity index (χ2n) is 6.98. The number of aromatic nitrogens is 2. The van der Waals surface area contributed by atoms with Crippen molar-refractivity contribution in [1.29, 1.82) is 0 Å². The van der Waals surface area contributed by atoms with Crippen LogP contribution in [0.25, 0.3) is 0 Å². The predicted molar refractivity (Wildman–Crippen MR) is 104 cm³/mol. The van der Waals surface area contributed by atoms with Gasteiger partial charge in [-0.25, -0.2) is 9.97 Å². The van der Waals surface area contributed by atoms with Crippen LogP contribution in [0.5, 0.6) is 0 Å². The minimum Gasteiger partial charge on any atom is -0.351 e. The molecule has 6 heteroatoms. The SMILES string of the molecule is CC(C)c1ncc(Cl)c(C(=O)NCCCN2CCc3ccccc3C2)n1. The molecular formula is C20H25ClN4O. The van der Waals surface area contributed by atoms with E-state index in [2.05, 4.69) is 44.5 Å². The lowest BCUT2D eigenvalue weighted by molar-refractivity contribution is 0.0946. The molecule has 2 aromatic rings. The number of hydrogen-bond acceptors (Lipinski definition) is 4. The number of rotatable bonds is 6. The summed E-state index contributed by atoms with van der Waals surface area (Å²) >= 11 is 6.08. The summed E-state index contributed by atoms with van der Waals surface area (Å²) in [6.07, 6.45) is 3.49. The Hall–Kier alpha value is -1.98. The fourth-order valence-corrected chi connectivity index (χ4v) is 3.33. The number of amides is 1. The molecule has 5 nitrogen and oxygen atoms in total. The number of carbonyl (C=O) groups is 1. The molecule has 1 amide bonds. The van der Waals surface area contributed by atoms with Gasteiger partial charge in [0.1, 0.15) is 11.5 Å². The first-order valence-corrected chi connectivity index (χ1v) is 9.52. The van der Waals surface area contributed by atoms with Crippen LogP contribution in [-0.4, -0.2) is 40.4 Å². The van der Waals surface area contributed by atoms with Crippen molar-refractivity contribution in [3.8, 4) is 0 Å². The first-order valence-electron chi connectivity index (χ1n) is 9.14. The lowest BCUT2D eigenvalue weighted by atomic mass is 10.00. The number of nitrogens with zero attached hydrogens (tertiary/aromatic N) is 3. The van der Waals surface area contributed by atoms with Crippen LogP contribution in [0.1, 0.15) is 53.6 Å². The maximum absolute atomic E-state index is 12.4. The van der Waals surface area contributed by atoms with Gasteiger partial charge in [0, 0.05) is 32.1 Å². The highest BCUT2D eigenvalue weighted by atomic mass is 35.5. The van der Waals surface area contributed by atoms with Crippen LogP contribution < -0.4 is 5.32 Å². The Bertz CT molecular complexity index is 778. The summed E-state index contributed by atoms with van der Waals surface area (Å²) in [5.41, 5.74) is 3.13. The van der Waals surface area contributed by atoms with Crippen LogP contribution in [0, 0.1) is 0 Å². The third-order valence-corrected chi connectivity index (χ3v) is 4.92. The smallest absolute Gasteiger partial charge is 0.271 e. The highest BCUT2D eigenvalue weighted by Crippen LogP contribution is 2.18. The van der Waals surface area contributed by atoms with Crippen LogP contribution in [-0.2, 0) is 13.0 Å². The molecule has 1 aliphatic rings. The molecule has 3 rings (SSSR count). The van der Waals surface area contributed by atoms with Crippen LogP contribution in [0.3, 0.4) is 0 Å². The normalized spacial score (nSPS) is 14.3. The van der Waals surface area contributed by atoms with Gasteiger partial charge in [-0.1, -0.05) is 49.7 Å². The fourth-order valence-electron chi connectivity index (χ4n) is 3.15. The zero-order valence-electron chi connectivity index (χ0n) is 15.3. The van der Waals surface area contributed by atoms with Gasteiger partial charge >= 0.3 is 0 Å². The maximum Gasteiger partial charge on any atom is 0.271 e. The summed E-state index contributed by atoms with van der Waals surface area (Å²) in [6, 6.07) is 8.61. The zero-order chi connectivity index (χ0) is 18.5. The van der Waals surface area contributed by atoms with Crippen molar-refractivity contribution in [1.82, 2.24) is 20.2 Å². The molecular weight excluding hydrogens is 348 g/mol. The molecule has 0 unspecified atom stereocenters. The summed E-state index contributed by atoms with van der Waals surface area (Å²) in [4.78, 5) is 23.3. The molecule has 1 aliphatic heterocycles. The van der Waals surface area contributed by atoms with Crippen molar-refractivity contribution in [3.63, 3.8) is 0 Å². The van der Waals surface area contributed by atoms with Gasteiger partial charge in [-0.2, -0.15) is 0 Å². The Morgan fingerprint density at radius 2 is 2.08 bits per heavy atom.